The van der Waals surface area contributed by atoms with Crippen molar-refractivity contribution in [1.29, 1.82) is 0 Å². The normalized spacial score (nSPS) is 9.94. The number of hydrogen-bond acceptors (Lipinski definition) is 4. The molecule has 7 heteroatoms. The van der Waals surface area contributed by atoms with Gasteiger partial charge in [-0.25, -0.2) is 4.79 Å². The van der Waals surface area contributed by atoms with Crippen LogP contribution in [-0.4, -0.2) is 22.1 Å². The molecule has 3 amide bonds. The van der Waals surface area contributed by atoms with E-state index in [0.717, 1.165) is 5.69 Å². The second kappa shape index (κ2) is 4.79. The molecular weight excluding hydrogens is 240 g/mol. The third-order valence-electron chi connectivity index (χ3n) is 1.92. The molecule has 0 saturated carbocycles. The molecule has 0 unspecified atom stereocenters. The molecule has 0 aliphatic heterocycles. The Bertz CT molecular complexity index is 532. The smallest absolute Gasteiger partial charge is 0.291 e. The lowest BCUT2D eigenvalue weighted by atomic mass is 10.4. The fourth-order valence-corrected chi connectivity index (χ4v) is 1.82. The summed E-state index contributed by atoms with van der Waals surface area (Å²) in [5, 5.41) is 12.9. The minimum absolute atomic E-state index is 0.374. The molecule has 2 aromatic rings. The molecular formula is C10H10N4O2S. The van der Waals surface area contributed by atoms with Crippen molar-refractivity contribution >= 4 is 29.1 Å². The van der Waals surface area contributed by atoms with Gasteiger partial charge in [-0.2, -0.15) is 5.10 Å². The molecule has 0 saturated heterocycles. The van der Waals surface area contributed by atoms with Crippen LogP contribution in [0.3, 0.4) is 0 Å². The molecule has 0 bridgehead atoms. The van der Waals surface area contributed by atoms with Gasteiger partial charge >= 0.3 is 6.03 Å². The van der Waals surface area contributed by atoms with Crippen LogP contribution in [0.15, 0.2) is 23.6 Å². The van der Waals surface area contributed by atoms with Crippen LogP contribution >= 0.6 is 11.3 Å². The first-order chi connectivity index (χ1) is 8.15. The Kier molecular flexibility index (Phi) is 3.20. The van der Waals surface area contributed by atoms with E-state index in [2.05, 4.69) is 20.8 Å². The predicted octanol–water partition coefficient (Wildman–Crippen LogP) is 1.74. The molecule has 6 nitrogen and oxygen atoms in total. The van der Waals surface area contributed by atoms with Gasteiger partial charge in [0.1, 0.15) is 0 Å². The van der Waals surface area contributed by atoms with E-state index < -0.39 is 11.9 Å². The zero-order valence-corrected chi connectivity index (χ0v) is 9.80. The lowest BCUT2D eigenvalue weighted by Gasteiger charge is -2.02. The maximum Gasteiger partial charge on any atom is 0.327 e. The highest BCUT2D eigenvalue weighted by Crippen LogP contribution is 2.08. The molecule has 88 valence electrons. The van der Waals surface area contributed by atoms with Crippen molar-refractivity contribution in [3.8, 4) is 0 Å². The number of imide groups is 1. The number of hydrogen-bond donors (Lipinski definition) is 3. The fraction of sp³-hybridized carbons (Fsp3) is 0.100. The standard InChI is InChI=1S/C10H10N4O2S/c1-6-5-8(14-13-6)11-10(16)12-9(15)7-3-2-4-17-7/h2-5H,1H3,(H3,11,12,13,14,15,16). The first-order valence-electron chi connectivity index (χ1n) is 4.83. The molecule has 0 aromatic carbocycles. The summed E-state index contributed by atoms with van der Waals surface area (Å²) in [5.74, 6) is -0.0521. The zero-order chi connectivity index (χ0) is 12.3. The van der Waals surface area contributed by atoms with Crippen LogP contribution in [0.5, 0.6) is 0 Å². The average Bonchev–Trinajstić information content (AvgIpc) is 2.89. The number of amides is 3. The van der Waals surface area contributed by atoms with Gasteiger partial charge < -0.3 is 0 Å². The van der Waals surface area contributed by atoms with E-state index in [4.69, 9.17) is 0 Å². The van der Waals surface area contributed by atoms with Gasteiger partial charge in [-0.1, -0.05) is 6.07 Å². The molecule has 3 N–H and O–H groups in total. The number of carbonyl (C=O) groups is 2. The maximum absolute atomic E-state index is 11.5. The van der Waals surface area contributed by atoms with Gasteiger partial charge in [0.2, 0.25) is 0 Å². The number of nitrogens with zero attached hydrogens (tertiary/aromatic N) is 1. The van der Waals surface area contributed by atoms with Crippen molar-refractivity contribution in [3.63, 3.8) is 0 Å². The molecule has 0 fully saturated rings. The number of carbonyl (C=O) groups excluding carboxylic acids is 2. The number of anilines is 1. The minimum Gasteiger partial charge on any atom is -0.291 e. The SMILES string of the molecule is Cc1cc(NC(=O)NC(=O)c2cccs2)n[nH]1. The Balaban J connectivity index is 1.92. The van der Waals surface area contributed by atoms with Gasteiger partial charge in [0, 0.05) is 11.8 Å². The van der Waals surface area contributed by atoms with Crippen molar-refractivity contribution in [2.45, 2.75) is 6.92 Å². The molecule has 0 atom stereocenters. The van der Waals surface area contributed by atoms with Crippen LogP contribution in [-0.2, 0) is 0 Å². The zero-order valence-electron chi connectivity index (χ0n) is 8.98. The quantitative estimate of drug-likeness (QED) is 0.758. The summed E-state index contributed by atoms with van der Waals surface area (Å²) >= 11 is 1.27. The van der Waals surface area contributed by atoms with Gasteiger partial charge in [-0.3, -0.25) is 20.5 Å². The largest absolute Gasteiger partial charge is 0.327 e. The molecule has 2 aromatic heterocycles. The average molecular weight is 250 g/mol. The Morgan fingerprint density at radius 3 is 2.88 bits per heavy atom. The van der Waals surface area contributed by atoms with Crippen LogP contribution in [0.2, 0.25) is 0 Å². The number of H-pyrrole nitrogens is 1. The van der Waals surface area contributed by atoms with Gasteiger partial charge in [0.25, 0.3) is 5.91 Å². The van der Waals surface area contributed by atoms with Crippen molar-refractivity contribution in [2.75, 3.05) is 5.32 Å². The Morgan fingerprint density at radius 2 is 2.29 bits per heavy atom. The number of aromatic amines is 1. The molecule has 2 heterocycles. The Labute approximate surface area is 101 Å². The third kappa shape index (κ3) is 2.91. The van der Waals surface area contributed by atoms with Gasteiger partial charge in [0.15, 0.2) is 5.82 Å². The second-order valence-corrected chi connectivity index (χ2v) is 4.27. The van der Waals surface area contributed by atoms with Crippen LogP contribution < -0.4 is 10.6 Å². The third-order valence-corrected chi connectivity index (χ3v) is 2.79. The minimum atomic E-state index is -0.602. The molecule has 17 heavy (non-hydrogen) atoms. The summed E-state index contributed by atoms with van der Waals surface area (Å²) in [6, 6.07) is 4.45. The van der Waals surface area contributed by atoms with Crippen LogP contribution in [0.4, 0.5) is 10.6 Å². The highest BCUT2D eigenvalue weighted by Gasteiger charge is 2.11. The van der Waals surface area contributed by atoms with E-state index in [9.17, 15) is 9.59 Å². The summed E-state index contributed by atoms with van der Waals surface area (Å²) in [6.45, 7) is 1.81. The van der Waals surface area contributed by atoms with Crippen molar-refractivity contribution < 1.29 is 9.59 Å². The number of nitrogens with one attached hydrogen (secondary N) is 3. The Morgan fingerprint density at radius 1 is 1.47 bits per heavy atom. The molecule has 0 aliphatic rings. The lowest BCUT2D eigenvalue weighted by molar-refractivity contribution is 0.0971. The summed E-state index contributed by atoms with van der Waals surface area (Å²) in [7, 11) is 0. The van der Waals surface area contributed by atoms with Crippen molar-refractivity contribution in [1.82, 2.24) is 15.5 Å². The van der Waals surface area contributed by atoms with Gasteiger partial charge in [-0.15, -0.1) is 11.3 Å². The predicted molar refractivity (Wildman–Crippen MR) is 64.1 cm³/mol. The van der Waals surface area contributed by atoms with Gasteiger partial charge in [0.05, 0.1) is 4.88 Å². The maximum atomic E-state index is 11.5. The van der Waals surface area contributed by atoms with E-state index in [1.807, 2.05) is 6.92 Å². The number of thiophene rings is 1. The van der Waals surface area contributed by atoms with E-state index in [1.54, 1.807) is 23.6 Å². The molecule has 2 rings (SSSR count). The second-order valence-electron chi connectivity index (χ2n) is 3.32. The first kappa shape index (κ1) is 11.3. The van der Waals surface area contributed by atoms with E-state index in [-0.39, 0.29) is 0 Å². The first-order valence-corrected chi connectivity index (χ1v) is 5.71. The van der Waals surface area contributed by atoms with Crippen LogP contribution in [0.1, 0.15) is 15.4 Å². The van der Waals surface area contributed by atoms with Crippen LogP contribution in [0.25, 0.3) is 0 Å². The fourth-order valence-electron chi connectivity index (χ4n) is 1.20. The highest BCUT2D eigenvalue weighted by molar-refractivity contribution is 7.12. The topological polar surface area (TPSA) is 86.9 Å². The Hall–Kier alpha value is -2.15. The molecule has 0 spiro atoms. The summed E-state index contributed by atoms with van der Waals surface area (Å²) in [6.07, 6.45) is 0. The lowest BCUT2D eigenvalue weighted by Crippen LogP contribution is -2.33. The van der Waals surface area contributed by atoms with E-state index in [1.165, 1.54) is 11.3 Å². The van der Waals surface area contributed by atoms with Gasteiger partial charge in [-0.05, 0) is 18.4 Å². The summed E-state index contributed by atoms with van der Waals surface area (Å²) in [4.78, 5) is 23.4. The monoisotopic (exact) mass is 250 g/mol. The van der Waals surface area contributed by atoms with Crippen LogP contribution in [0, 0.1) is 6.92 Å². The van der Waals surface area contributed by atoms with Crippen molar-refractivity contribution in [2.24, 2.45) is 0 Å². The summed E-state index contributed by atoms with van der Waals surface area (Å²) in [5.41, 5.74) is 0.824. The van der Waals surface area contributed by atoms with E-state index >= 15 is 0 Å². The summed E-state index contributed by atoms with van der Waals surface area (Å²) < 4.78 is 0. The van der Waals surface area contributed by atoms with E-state index in [0.29, 0.717) is 10.7 Å². The van der Waals surface area contributed by atoms with Crippen molar-refractivity contribution in [3.05, 3.63) is 34.2 Å². The molecule has 0 aliphatic carbocycles. The highest BCUT2D eigenvalue weighted by atomic mass is 32.1. The number of aromatic nitrogens is 2. The number of urea groups is 1. The number of rotatable bonds is 2. The molecule has 0 radical (unpaired) electrons. The number of aryl methyl sites for hydroxylation is 1.